The maximum absolute atomic E-state index is 12.3. The van der Waals surface area contributed by atoms with E-state index in [1.54, 1.807) is 16.7 Å². The van der Waals surface area contributed by atoms with Crippen LogP contribution in [0.2, 0.25) is 0 Å². The minimum atomic E-state index is -0.772. The zero-order chi connectivity index (χ0) is 16.1. The van der Waals surface area contributed by atoms with Gasteiger partial charge < -0.3 is 15.3 Å². The minimum Gasteiger partial charge on any atom is -0.481 e. The predicted octanol–water partition coefficient (Wildman–Crippen LogP) is 2.80. The van der Waals surface area contributed by atoms with E-state index in [2.05, 4.69) is 19.2 Å². The molecule has 1 aliphatic rings. The van der Waals surface area contributed by atoms with E-state index >= 15 is 0 Å². The molecule has 5 nitrogen and oxygen atoms in total. The first-order valence-electron chi connectivity index (χ1n) is 7.58. The number of carboxylic acids is 1. The number of hydrogen-bond donors (Lipinski definition) is 2. The van der Waals surface area contributed by atoms with Gasteiger partial charge in [0.15, 0.2) is 0 Å². The number of piperidine rings is 1. The topological polar surface area (TPSA) is 69.6 Å². The Kier molecular flexibility index (Phi) is 6.38. The molecule has 1 rings (SSSR count). The van der Waals surface area contributed by atoms with Crippen molar-refractivity contribution in [3.63, 3.8) is 0 Å². The van der Waals surface area contributed by atoms with Crippen molar-refractivity contribution in [2.75, 3.05) is 25.9 Å². The first-order chi connectivity index (χ1) is 9.76. The molecule has 1 fully saturated rings. The molecule has 2 amide bonds. The summed E-state index contributed by atoms with van der Waals surface area (Å²) >= 11 is 1.70. The van der Waals surface area contributed by atoms with Crippen molar-refractivity contribution >= 4 is 23.8 Å². The maximum Gasteiger partial charge on any atom is 0.317 e. The Morgan fingerprint density at radius 2 is 2.10 bits per heavy atom. The van der Waals surface area contributed by atoms with Gasteiger partial charge in [-0.3, -0.25) is 4.79 Å². The second kappa shape index (κ2) is 7.38. The fourth-order valence-electron chi connectivity index (χ4n) is 2.74. The van der Waals surface area contributed by atoms with Crippen LogP contribution in [-0.2, 0) is 4.79 Å². The summed E-state index contributed by atoms with van der Waals surface area (Å²) in [6, 6.07) is -0.140. The summed E-state index contributed by atoms with van der Waals surface area (Å²) in [6.45, 7) is 7.69. The zero-order valence-electron chi connectivity index (χ0n) is 13.6. The molecule has 21 heavy (non-hydrogen) atoms. The number of thioether (sulfide) groups is 1. The third-order valence-corrected chi connectivity index (χ3v) is 5.51. The summed E-state index contributed by atoms with van der Waals surface area (Å²) in [4.78, 5) is 25.6. The Bertz CT molecular complexity index is 383. The molecule has 1 heterocycles. The van der Waals surface area contributed by atoms with Gasteiger partial charge in [-0.2, -0.15) is 11.8 Å². The Morgan fingerprint density at radius 3 is 2.62 bits per heavy atom. The highest BCUT2D eigenvalue weighted by molar-refractivity contribution is 7.99. The molecule has 0 radical (unpaired) electrons. The molecule has 1 unspecified atom stereocenters. The van der Waals surface area contributed by atoms with Crippen molar-refractivity contribution in [2.45, 2.75) is 51.2 Å². The number of rotatable bonds is 6. The van der Waals surface area contributed by atoms with Gasteiger partial charge in [0.2, 0.25) is 0 Å². The lowest BCUT2D eigenvalue weighted by atomic mass is 9.76. The summed E-state index contributed by atoms with van der Waals surface area (Å²) in [6.07, 6.45) is 4.88. The van der Waals surface area contributed by atoms with Crippen LogP contribution in [0.15, 0.2) is 0 Å². The van der Waals surface area contributed by atoms with Gasteiger partial charge in [0, 0.05) is 24.4 Å². The molecule has 0 spiro atoms. The van der Waals surface area contributed by atoms with E-state index in [0.717, 1.165) is 12.8 Å². The number of carboxylic acid groups (broad SMARTS) is 1. The SMILES string of the molecule is CCCC1(C(=O)O)CCCN(C(=O)NCC(C)(C)SC)C1. The van der Waals surface area contributed by atoms with Gasteiger partial charge in [0.05, 0.1) is 5.41 Å². The normalized spacial score (nSPS) is 23.0. The first-order valence-corrected chi connectivity index (χ1v) is 8.80. The third-order valence-electron chi connectivity index (χ3n) is 4.26. The Balaban J connectivity index is 2.66. The molecule has 0 aromatic heterocycles. The third kappa shape index (κ3) is 4.80. The number of nitrogens with one attached hydrogen (secondary N) is 1. The van der Waals surface area contributed by atoms with Crippen LogP contribution in [-0.4, -0.2) is 52.6 Å². The smallest absolute Gasteiger partial charge is 0.317 e. The Hall–Kier alpha value is -0.910. The molecule has 1 saturated heterocycles. The van der Waals surface area contributed by atoms with Crippen molar-refractivity contribution in [3.8, 4) is 0 Å². The highest BCUT2D eigenvalue weighted by Gasteiger charge is 2.42. The fourth-order valence-corrected chi connectivity index (χ4v) is 2.96. The summed E-state index contributed by atoms with van der Waals surface area (Å²) in [5, 5.41) is 12.5. The number of carbonyl (C=O) groups is 2. The number of likely N-dealkylation sites (tertiary alicyclic amines) is 1. The van der Waals surface area contributed by atoms with Gasteiger partial charge >= 0.3 is 12.0 Å². The second-order valence-electron chi connectivity index (χ2n) is 6.48. The standard InChI is InChI=1S/C15H28N2O3S/c1-5-7-15(12(18)19)8-6-9-17(11-15)13(20)16-10-14(2,3)21-4/h5-11H2,1-4H3,(H,16,20)(H,18,19). The predicted molar refractivity (Wildman–Crippen MR) is 86.8 cm³/mol. The van der Waals surface area contributed by atoms with Gasteiger partial charge in [0.1, 0.15) is 0 Å². The average Bonchev–Trinajstić information content (AvgIpc) is 2.45. The molecule has 0 aliphatic carbocycles. The molecule has 6 heteroatoms. The quantitative estimate of drug-likeness (QED) is 0.790. The van der Waals surface area contributed by atoms with E-state index in [-0.39, 0.29) is 10.8 Å². The van der Waals surface area contributed by atoms with E-state index in [4.69, 9.17) is 0 Å². The van der Waals surface area contributed by atoms with Crippen LogP contribution in [0.4, 0.5) is 4.79 Å². The van der Waals surface area contributed by atoms with Crippen LogP contribution in [0.1, 0.15) is 46.5 Å². The lowest BCUT2D eigenvalue weighted by Crippen LogP contribution is -2.53. The molecular weight excluding hydrogens is 288 g/mol. The average molecular weight is 316 g/mol. The highest BCUT2D eigenvalue weighted by atomic mass is 32.2. The van der Waals surface area contributed by atoms with Crippen LogP contribution in [0.5, 0.6) is 0 Å². The lowest BCUT2D eigenvalue weighted by molar-refractivity contribution is -0.152. The van der Waals surface area contributed by atoms with E-state index in [1.807, 2.05) is 13.2 Å². The van der Waals surface area contributed by atoms with Gasteiger partial charge in [-0.05, 0) is 39.4 Å². The lowest BCUT2D eigenvalue weighted by Gasteiger charge is -2.40. The van der Waals surface area contributed by atoms with Crippen LogP contribution < -0.4 is 5.32 Å². The molecule has 2 N–H and O–H groups in total. The highest BCUT2D eigenvalue weighted by Crippen LogP contribution is 2.35. The molecule has 0 bridgehead atoms. The number of aliphatic carboxylic acids is 1. The monoisotopic (exact) mass is 316 g/mol. The van der Waals surface area contributed by atoms with E-state index in [1.165, 1.54) is 0 Å². The largest absolute Gasteiger partial charge is 0.481 e. The van der Waals surface area contributed by atoms with Crippen LogP contribution in [0.3, 0.4) is 0 Å². The van der Waals surface area contributed by atoms with E-state index in [0.29, 0.717) is 32.5 Å². The Labute approximate surface area is 131 Å². The molecule has 0 saturated carbocycles. The second-order valence-corrected chi connectivity index (χ2v) is 8.00. The number of hydrogen-bond acceptors (Lipinski definition) is 3. The maximum atomic E-state index is 12.3. The fraction of sp³-hybridized carbons (Fsp3) is 0.867. The van der Waals surface area contributed by atoms with Gasteiger partial charge in [-0.25, -0.2) is 4.79 Å². The number of nitrogens with zero attached hydrogens (tertiary/aromatic N) is 1. The summed E-state index contributed by atoms with van der Waals surface area (Å²) < 4.78 is -0.0151. The molecule has 1 aliphatic heterocycles. The van der Waals surface area contributed by atoms with E-state index in [9.17, 15) is 14.7 Å². The van der Waals surface area contributed by atoms with Crippen LogP contribution in [0.25, 0.3) is 0 Å². The minimum absolute atomic E-state index is 0.0151. The molecule has 0 aromatic rings. The molecule has 1 atom stereocenters. The summed E-state index contributed by atoms with van der Waals surface area (Å²) in [7, 11) is 0. The van der Waals surface area contributed by atoms with Gasteiger partial charge in [0.25, 0.3) is 0 Å². The van der Waals surface area contributed by atoms with Crippen LogP contribution >= 0.6 is 11.8 Å². The molecule has 0 aromatic carbocycles. The van der Waals surface area contributed by atoms with Gasteiger partial charge in [-0.15, -0.1) is 0 Å². The number of carbonyl (C=O) groups excluding carboxylic acids is 1. The molecular formula is C15H28N2O3S. The number of urea groups is 1. The van der Waals surface area contributed by atoms with Gasteiger partial charge in [-0.1, -0.05) is 13.3 Å². The first kappa shape index (κ1) is 18.1. The molecule has 122 valence electrons. The zero-order valence-corrected chi connectivity index (χ0v) is 14.4. The summed E-state index contributed by atoms with van der Waals surface area (Å²) in [5.74, 6) is -0.772. The number of amides is 2. The summed E-state index contributed by atoms with van der Waals surface area (Å²) in [5.41, 5.74) is -0.765. The van der Waals surface area contributed by atoms with Crippen molar-refractivity contribution in [1.82, 2.24) is 10.2 Å². The van der Waals surface area contributed by atoms with Crippen molar-refractivity contribution in [2.24, 2.45) is 5.41 Å². The Morgan fingerprint density at radius 1 is 1.43 bits per heavy atom. The van der Waals surface area contributed by atoms with Crippen molar-refractivity contribution in [1.29, 1.82) is 0 Å². The van der Waals surface area contributed by atoms with Crippen molar-refractivity contribution < 1.29 is 14.7 Å². The van der Waals surface area contributed by atoms with Crippen LogP contribution in [0, 0.1) is 5.41 Å². The van der Waals surface area contributed by atoms with Crippen molar-refractivity contribution in [3.05, 3.63) is 0 Å². The van der Waals surface area contributed by atoms with E-state index < -0.39 is 11.4 Å².